The third kappa shape index (κ3) is 8.22. The van der Waals surface area contributed by atoms with Crippen molar-refractivity contribution in [1.29, 1.82) is 0 Å². The maximum atomic E-state index is 10.7. The summed E-state index contributed by atoms with van der Waals surface area (Å²) in [5, 5.41) is 2.01. The molecule has 0 aliphatic carbocycles. The molecule has 0 saturated carbocycles. The number of hydrogen-bond donors (Lipinski definition) is 4. The van der Waals surface area contributed by atoms with Gasteiger partial charge in [-0.2, -0.15) is 0 Å². The second-order valence-electron chi connectivity index (χ2n) is 5.43. The highest BCUT2D eigenvalue weighted by molar-refractivity contribution is 5.71. The summed E-state index contributed by atoms with van der Waals surface area (Å²) in [5.74, 6) is 10.8. The zero-order chi connectivity index (χ0) is 15.1. The molecule has 0 rings (SSSR count). The Labute approximate surface area is 114 Å². The second-order valence-corrected chi connectivity index (χ2v) is 5.43. The van der Waals surface area contributed by atoms with Gasteiger partial charge in [0.25, 0.3) is 0 Å². The average molecular weight is 274 g/mol. The fraction of sp³-hybridized carbons (Fsp3) is 0.818. The highest BCUT2D eigenvalue weighted by Gasteiger charge is 2.18. The fourth-order valence-electron chi connectivity index (χ4n) is 1.80. The Morgan fingerprint density at radius 1 is 0.895 bits per heavy atom. The first-order chi connectivity index (χ1) is 8.65. The quantitative estimate of drug-likeness (QED) is 0.282. The van der Waals surface area contributed by atoms with E-state index in [1.807, 2.05) is 0 Å². The topological polar surface area (TPSA) is 145 Å². The lowest BCUT2D eigenvalue weighted by Crippen LogP contribution is -2.42. The highest BCUT2D eigenvalue weighted by atomic mass is 16.2. The number of hydrazine groups is 2. The zero-order valence-corrected chi connectivity index (χ0v) is 11.8. The van der Waals surface area contributed by atoms with Crippen molar-refractivity contribution in [3.63, 3.8) is 0 Å². The molecule has 19 heavy (non-hydrogen) atoms. The van der Waals surface area contributed by atoms with Crippen LogP contribution in [-0.4, -0.2) is 35.2 Å². The van der Waals surface area contributed by atoms with Gasteiger partial charge in [0.2, 0.25) is 0 Å². The second kappa shape index (κ2) is 7.80. The molecule has 4 amide bonds. The van der Waals surface area contributed by atoms with Crippen LogP contribution >= 0.6 is 0 Å². The monoisotopic (exact) mass is 274 g/mol. The molecular formula is C11H26N6O2. The molecule has 0 unspecified atom stereocenters. The highest BCUT2D eigenvalue weighted by Crippen LogP contribution is 2.28. The Morgan fingerprint density at radius 3 is 1.47 bits per heavy atom. The van der Waals surface area contributed by atoms with Crippen molar-refractivity contribution < 1.29 is 9.59 Å². The molecule has 0 aliphatic rings. The molecule has 0 aromatic carbocycles. The van der Waals surface area contributed by atoms with E-state index in [2.05, 4.69) is 13.8 Å². The predicted octanol–water partition coefficient (Wildman–Crippen LogP) is 0.0818. The van der Waals surface area contributed by atoms with Gasteiger partial charge < -0.3 is 11.5 Å². The van der Waals surface area contributed by atoms with E-state index in [4.69, 9.17) is 23.2 Å². The van der Waals surface area contributed by atoms with Gasteiger partial charge in [-0.1, -0.05) is 13.8 Å². The Morgan fingerprint density at radius 2 is 1.21 bits per heavy atom. The SMILES string of the molecule is CC(C)(CCCN(N)C(N)=O)CCCN(N)C(N)=O. The lowest BCUT2D eigenvalue weighted by molar-refractivity contribution is 0.195. The number of carbonyl (C=O) groups is 2. The van der Waals surface area contributed by atoms with E-state index in [0.717, 1.165) is 35.7 Å². The third-order valence-electron chi connectivity index (χ3n) is 3.07. The summed E-state index contributed by atoms with van der Waals surface area (Å²) in [5.41, 5.74) is 10.1. The van der Waals surface area contributed by atoms with Crippen molar-refractivity contribution in [2.45, 2.75) is 39.5 Å². The van der Waals surface area contributed by atoms with Crippen LogP contribution in [0.25, 0.3) is 0 Å². The van der Waals surface area contributed by atoms with Crippen LogP contribution in [0.15, 0.2) is 0 Å². The summed E-state index contributed by atoms with van der Waals surface area (Å²) in [6, 6.07) is -1.25. The van der Waals surface area contributed by atoms with Crippen LogP contribution in [0, 0.1) is 5.41 Å². The molecule has 0 spiro atoms. The molecule has 0 bridgehead atoms. The molecule has 0 radical (unpaired) electrons. The number of urea groups is 2. The van der Waals surface area contributed by atoms with E-state index in [1.165, 1.54) is 0 Å². The molecule has 8 N–H and O–H groups in total. The smallest absolute Gasteiger partial charge is 0.328 e. The van der Waals surface area contributed by atoms with Crippen LogP contribution in [0.5, 0.6) is 0 Å². The molecule has 0 saturated heterocycles. The largest absolute Gasteiger partial charge is 0.350 e. The van der Waals surface area contributed by atoms with Crippen LogP contribution in [-0.2, 0) is 0 Å². The molecule has 0 aliphatic heterocycles. The maximum Gasteiger partial charge on any atom is 0.328 e. The summed E-state index contributed by atoms with van der Waals surface area (Å²) >= 11 is 0. The number of rotatable bonds is 8. The van der Waals surface area contributed by atoms with Gasteiger partial charge in [-0.3, -0.25) is 10.0 Å². The number of primary amides is 2. The van der Waals surface area contributed by atoms with E-state index in [9.17, 15) is 9.59 Å². The minimum atomic E-state index is -0.627. The van der Waals surface area contributed by atoms with Crippen molar-refractivity contribution in [2.24, 2.45) is 28.6 Å². The summed E-state index contributed by atoms with van der Waals surface area (Å²) in [6.07, 6.45) is 3.34. The molecule has 8 nitrogen and oxygen atoms in total. The molecular weight excluding hydrogens is 248 g/mol. The van der Waals surface area contributed by atoms with Crippen LogP contribution < -0.4 is 23.2 Å². The van der Waals surface area contributed by atoms with Crippen LogP contribution in [0.2, 0.25) is 0 Å². The Kier molecular flexibility index (Phi) is 7.17. The molecule has 0 aromatic heterocycles. The van der Waals surface area contributed by atoms with Crippen LogP contribution in [0.4, 0.5) is 9.59 Å². The maximum absolute atomic E-state index is 10.7. The van der Waals surface area contributed by atoms with Gasteiger partial charge in [-0.05, 0) is 31.1 Å². The van der Waals surface area contributed by atoms with E-state index >= 15 is 0 Å². The Bertz CT molecular complexity index is 280. The van der Waals surface area contributed by atoms with E-state index in [-0.39, 0.29) is 5.41 Å². The molecule has 0 heterocycles. The van der Waals surface area contributed by atoms with Gasteiger partial charge >= 0.3 is 12.1 Å². The standard InChI is InChI=1S/C11H26N6O2/c1-11(2,5-3-7-16(14)9(12)18)6-4-8-17(15)10(13)19/h3-8,14-15H2,1-2H3,(H2,12,18)(H2,13,19). The summed E-state index contributed by atoms with van der Waals surface area (Å²) in [4.78, 5) is 21.5. The number of amides is 4. The first-order valence-electron chi connectivity index (χ1n) is 6.29. The zero-order valence-electron chi connectivity index (χ0n) is 11.8. The molecule has 0 atom stereocenters. The van der Waals surface area contributed by atoms with Crippen molar-refractivity contribution in [1.82, 2.24) is 10.0 Å². The average Bonchev–Trinajstić information content (AvgIpc) is 2.27. The van der Waals surface area contributed by atoms with Gasteiger partial charge in [0.1, 0.15) is 0 Å². The van der Waals surface area contributed by atoms with E-state index < -0.39 is 12.1 Å². The molecule has 0 fully saturated rings. The van der Waals surface area contributed by atoms with Gasteiger partial charge in [0.15, 0.2) is 0 Å². The lowest BCUT2D eigenvalue weighted by Gasteiger charge is -2.26. The number of nitrogens with zero attached hydrogens (tertiary/aromatic N) is 2. The fourth-order valence-corrected chi connectivity index (χ4v) is 1.80. The van der Waals surface area contributed by atoms with Gasteiger partial charge in [-0.15, -0.1) is 0 Å². The lowest BCUT2D eigenvalue weighted by atomic mass is 9.83. The summed E-state index contributed by atoms with van der Waals surface area (Å²) in [7, 11) is 0. The summed E-state index contributed by atoms with van der Waals surface area (Å²) in [6.45, 7) is 5.10. The van der Waals surface area contributed by atoms with Crippen molar-refractivity contribution in [3.05, 3.63) is 0 Å². The van der Waals surface area contributed by atoms with Gasteiger partial charge in [-0.25, -0.2) is 21.3 Å². The molecule has 8 heteroatoms. The first kappa shape index (κ1) is 17.5. The number of carbonyl (C=O) groups excluding carboxylic acids is 2. The third-order valence-corrected chi connectivity index (χ3v) is 3.07. The van der Waals surface area contributed by atoms with Crippen LogP contribution in [0.1, 0.15) is 39.5 Å². The van der Waals surface area contributed by atoms with E-state index in [1.54, 1.807) is 0 Å². The number of nitrogens with two attached hydrogens (primary N) is 4. The predicted molar refractivity (Wildman–Crippen MR) is 73.2 cm³/mol. The Hall–Kier alpha value is -1.54. The van der Waals surface area contributed by atoms with Gasteiger partial charge in [0, 0.05) is 13.1 Å². The van der Waals surface area contributed by atoms with E-state index in [0.29, 0.717) is 13.1 Å². The normalized spacial score (nSPS) is 11.2. The van der Waals surface area contributed by atoms with Crippen molar-refractivity contribution in [2.75, 3.05) is 13.1 Å². The minimum Gasteiger partial charge on any atom is -0.350 e. The minimum absolute atomic E-state index is 0.0803. The summed E-state index contributed by atoms with van der Waals surface area (Å²) < 4.78 is 0. The van der Waals surface area contributed by atoms with Crippen LogP contribution in [0.3, 0.4) is 0 Å². The molecule has 0 aromatic rings. The molecule has 112 valence electrons. The Balaban J connectivity index is 3.86. The number of hydrogen-bond acceptors (Lipinski definition) is 4. The van der Waals surface area contributed by atoms with Crippen molar-refractivity contribution in [3.8, 4) is 0 Å². The first-order valence-corrected chi connectivity index (χ1v) is 6.29. The van der Waals surface area contributed by atoms with Crippen molar-refractivity contribution >= 4 is 12.1 Å². The van der Waals surface area contributed by atoms with Gasteiger partial charge in [0.05, 0.1) is 0 Å².